The highest BCUT2D eigenvalue weighted by atomic mass is 35.5. The van der Waals surface area contributed by atoms with Gasteiger partial charge < -0.3 is 0 Å². The van der Waals surface area contributed by atoms with Gasteiger partial charge in [0.1, 0.15) is 5.15 Å². The van der Waals surface area contributed by atoms with E-state index in [4.69, 9.17) is 11.6 Å². The van der Waals surface area contributed by atoms with Crippen molar-refractivity contribution in [3.05, 3.63) is 17.4 Å². The molecule has 1 aliphatic rings. The zero-order valence-electron chi connectivity index (χ0n) is 9.16. The number of amides is 1. The molecule has 4 nitrogen and oxygen atoms in total. The van der Waals surface area contributed by atoms with Crippen LogP contribution in [0, 0.1) is 5.41 Å². The Balaban J connectivity index is 2.07. The van der Waals surface area contributed by atoms with Crippen LogP contribution in [0.15, 0.2) is 12.3 Å². The van der Waals surface area contributed by atoms with Crippen LogP contribution in [0.1, 0.15) is 32.6 Å². The second-order valence-corrected chi connectivity index (χ2v) is 4.81. The van der Waals surface area contributed by atoms with Gasteiger partial charge in [0.25, 0.3) is 0 Å². The van der Waals surface area contributed by atoms with E-state index in [2.05, 4.69) is 15.3 Å². The first kappa shape index (κ1) is 11.3. The Labute approximate surface area is 99.4 Å². The highest BCUT2D eigenvalue weighted by Crippen LogP contribution is 2.38. The molecule has 1 aromatic heterocycles. The number of anilines is 1. The smallest absolute Gasteiger partial charge is 0.232 e. The summed E-state index contributed by atoms with van der Waals surface area (Å²) >= 11 is 5.72. The van der Waals surface area contributed by atoms with Crippen LogP contribution in [0.5, 0.6) is 0 Å². The molecule has 86 valence electrons. The van der Waals surface area contributed by atoms with E-state index < -0.39 is 0 Å². The molecule has 0 spiro atoms. The van der Waals surface area contributed by atoms with E-state index in [0.29, 0.717) is 5.15 Å². The third-order valence-electron chi connectivity index (χ3n) is 3.10. The quantitative estimate of drug-likeness (QED) is 0.808. The third-order valence-corrected chi connectivity index (χ3v) is 3.31. The number of carbonyl (C=O) groups excluding carboxylic acids is 1. The van der Waals surface area contributed by atoms with Crippen molar-refractivity contribution in [3.63, 3.8) is 0 Å². The first-order valence-electron chi connectivity index (χ1n) is 5.40. The number of nitrogens with one attached hydrogen (secondary N) is 1. The molecule has 0 atom stereocenters. The van der Waals surface area contributed by atoms with Gasteiger partial charge in [-0.1, -0.05) is 31.4 Å². The summed E-state index contributed by atoms with van der Waals surface area (Å²) in [5.74, 6) is 0.276. The van der Waals surface area contributed by atoms with E-state index in [-0.39, 0.29) is 17.3 Å². The van der Waals surface area contributed by atoms with E-state index in [9.17, 15) is 4.79 Å². The van der Waals surface area contributed by atoms with Crippen molar-refractivity contribution in [2.75, 3.05) is 5.32 Å². The minimum atomic E-state index is -0.272. The zero-order valence-corrected chi connectivity index (χ0v) is 9.92. The molecule has 0 unspecified atom stereocenters. The topological polar surface area (TPSA) is 54.9 Å². The molecule has 0 saturated heterocycles. The van der Waals surface area contributed by atoms with E-state index >= 15 is 0 Å². The average Bonchev–Trinajstić information content (AvgIpc) is 2.66. The summed E-state index contributed by atoms with van der Waals surface area (Å²) in [6.45, 7) is 1.99. The van der Waals surface area contributed by atoms with E-state index in [1.54, 1.807) is 6.07 Å². The fraction of sp³-hybridized carbons (Fsp3) is 0.545. The first-order chi connectivity index (χ1) is 7.60. The Morgan fingerprint density at radius 2 is 2.19 bits per heavy atom. The van der Waals surface area contributed by atoms with Crippen molar-refractivity contribution in [1.82, 2.24) is 9.97 Å². The fourth-order valence-electron chi connectivity index (χ4n) is 2.03. The van der Waals surface area contributed by atoms with Gasteiger partial charge in [0.2, 0.25) is 11.9 Å². The molecule has 1 saturated carbocycles. The van der Waals surface area contributed by atoms with Crippen LogP contribution >= 0.6 is 11.6 Å². The molecule has 1 fully saturated rings. The van der Waals surface area contributed by atoms with Crippen LogP contribution in [-0.2, 0) is 4.79 Å². The lowest BCUT2D eigenvalue weighted by atomic mass is 9.88. The average molecular weight is 240 g/mol. The van der Waals surface area contributed by atoms with Crippen molar-refractivity contribution in [1.29, 1.82) is 0 Å². The van der Waals surface area contributed by atoms with Gasteiger partial charge in [-0.15, -0.1) is 0 Å². The lowest BCUT2D eigenvalue weighted by Crippen LogP contribution is -2.31. The Kier molecular flexibility index (Phi) is 3.10. The van der Waals surface area contributed by atoms with Gasteiger partial charge in [0, 0.05) is 11.6 Å². The second kappa shape index (κ2) is 4.37. The Morgan fingerprint density at radius 1 is 1.50 bits per heavy atom. The third kappa shape index (κ3) is 2.32. The van der Waals surface area contributed by atoms with Crippen LogP contribution in [0.25, 0.3) is 0 Å². The number of halogens is 1. The van der Waals surface area contributed by atoms with Gasteiger partial charge in [0.05, 0.1) is 0 Å². The summed E-state index contributed by atoms with van der Waals surface area (Å²) in [7, 11) is 0. The van der Waals surface area contributed by atoms with Crippen LogP contribution in [0.4, 0.5) is 5.95 Å². The molecular weight excluding hydrogens is 226 g/mol. The van der Waals surface area contributed by atoms with Crippen molar-refractivity contribution in [2.24, 2.45) is 5.41 Å². The highest BCUT2D eigenvalue weighted by Gasteiger charge is 2.36. The Hall–Kier alpha value is -1.16. The lowest BCUT2D eigenvalue weighted by molar-refractivity contribution is -0.124. The van der Waals surface area contributed by atoms with Gasteiger partial charge in [-0.2, -0.15) is 0 Å². The molecule has 0 aliphatic heterocycles. The molecule has 2 rings (SSSR count). The predicted molar refractivity (Wildman–Crippen MR) is 62.2 cm³/mol. The lowest BCUT2D eigenvalue weighted by Gasteiger charge is -2.21. The van der Waals surface area contributed by atoms with Crippen LogP contribution in [-0.4, -0.2) is 15.9 Å². The summed E-state index contributed by atoms with van der Waals surface area (Å²) in [6.07, 6.45) is 5.61. The molecule has 1 N–H and O–H groups in total. The summed E-state index contributed by atoms with van der Waals surface area (Å²) < 4.78 is 0. The minimum Gasteiger partial charge on any atom is -0.294 e. The fourth-order valence-corrected chi connectivity index (χ4v) is 2.17. The van der Waals surface area contributed by atoms with Crippen molar-refractivity contribution in [2.45, 2.75) is 32.6 Å². The summed E-state index contributed by atoms with van der Waals surface area (Å²) in [4.78, 5) is 19.9. The van der Waals surface area contributed by atoms with Crippen molar-refractivity contribution >= 4 is 23.5 Å². The molecule has 5 heteroatoms. The largest absolute Gasteiger partial charge is 0.294 e. The van der Waals surface area contributed by atoms with E-state index in [0.717, 1.165) is 25.7 Å². The van der Waals surface area contributed by atoms with Gasteiger partial charge in [-0.25, -0.2) is 9.97 Å². The van der Waals surface area contributed by atoms with Gasteiger partial charge in [-0.3, -0.25) is 10.1 Å². The Morgan fingerprint density at radius 3 is 2.81 bits per heavy atom. The number of aromatic nitrogens is 2. The summed E-state index contributed by atoms with van der Waals surface area (Å²) in [6, 6.07) is 1.58. The van der Waals surface area contributed by atoms with E-state index in [1.165, 1.54) is 6.20 Å². The Bertz CT molecular complexity index is 402. The molecule has 1 amide bonds. The van der Waals surface area contributed by atoms with Gasteiger partial charge in [0.15, 0.2) is 0 Å². The summed E-state index contributed by atoms with van der Waals surface area (Å²) in [5, 5.41) is 3.05. The number of hydrogen-bond acceptors (Lipinski definition) is 3. The van der Waals surface area contributed by atoms with Crippen LogP contribution in [0.2, 0.25) is 5.15 Å². The van der Waals surface area contributed by atoms with Crippen LogP contribution < -0.4 is 5.32 Å². The zero-order chi connectivity index (χ0) is 11.6. The highest BCUT2D eigenvalue weighted by molar-refractivity contribution is 6.29. The van der Waals surface area contributed by atoms with Crippen molar-refractivity contribution in [3.8, 4) is 0 Å². The molecule has 1 aliphatic carbocycles. The molecule has 1 heterocycles. The maximum Gasteiger partial charge on any atom is 0.232 e. The van der Waals surface area contributed by atoms with Crippen LogP contribution in [0.3, 0.4) is 0 Å². The number of rotatable bonds is 2. The van der Waals surface area contributed by atoms with Crippen molar-refractivity contribution < 1.29 is 4.79 Å². The maximum atomic E-state index is 12.0. The molecular formula is C11H14ClN3O. The monoisotopic (exact) mass is 239 g/mol. The SMILES string of the molecule is CC1(C(=O)Nc2nccc(Cl)n2)CCCC1. The summed E-state index contributed by atoms with van der Waals surface area (Å²) in [5.41, 5.74) is -0.272. The molecule has 0 bridgehead atoms. The molecule has 1 aromatic rings. The normalized spacial score (nSPS) is 18.4. The minimum absolute atomic E-state index is 0.00716. The van der Waals surface area contributed by atoms with Gasteiger partial charge >= 0.3 is 0 Å². The number of hydrogen-bond donors (Lipinski definition) is 1. The number of carbonyl (C=O) groups is 1. The maximum absolute atomic E-state index is 12.0. The molecule has 16 heavy (non-hydrogen) atoms. The molecule has 0 aromatic carbocycles. The van der Waals surface area contributed by atoms with Gasteiger partial charge in [-0.05, 0) is 18.9 Å². The number of nitrogens with zero attached hydrogens (tertiary/aromatic N) is 2. The van der Waals surface area contributed by atoms with E-state index in [1.807, 2.05) is 6.92 Å². The second-order valence-electron chi connectivity index (χ2n) is 4.42. The molecule has 0 radical (unpaired) electrons. The standard InChI is InChI=1S/C11H14ClN3O/c1-11(5-2-3-6-11)9(16)15-10-13-7-4-8(12)14-10/h4,7H,2-3,5-6H2,1H3,(H,13,14,15,16). The predicted octanol–water partition coefficient (Wildman–Crippen LogP) is 2.65. The first-order valence-corrected chi connectivity index (χ1v) is 5.78.